The number of nitrogens with zero attached hydrogens (tertiary/aromatic N) is 4. The number of piperazine rings is 1. The molecule has 4 rings (SSSR count). The lowest BCUT2D eigenvalue weighted by molar-refractivity contribution is 0.0737. The number of benzene rings is 2. The predicted octanol–water partition coefficient (Wildman–Crippen LogP) is 3.29. The largest absolute Gasteiger partial charge is 0.497 e. The van der Waals surface area contributed by atoms with Gasteiger partial charge in [-0.25, -0.2) is 9.07 Å². The van der Waals surface area contributed by atoms with Crippen LogP contribution in [0, 0.1) is 12.7 Å². The number of aromatic nitrogens is 2. The second kappa shape index (κ2) is 7.95. The molecular formula is C22H23FN4O2. The summed E-state index contributed by atoms with van der Waals surface area (Å²) in [5.41, 5.74) is 2.82. The van der Waals surface area contributed by atoms with Gasteiger partial charge in [0.15, 0.2) is 0 Å². The lowest BCUT2D eigenvalue weighted by Gasteiger charge is -2.36. The number of hydrogen-bond acceptors (Lipinski definition) is 4. The quantitative estimate of drug-likeness (QED) is 0.681. The molecule has 1 aliphatic heterocycles. The summed E-state index contributed by atoms with van der Waals surface area (Å²) >= 11 is 0. The number of halogens is 1. The van der Waals surface area contributed by atoms with Crippen LogP contribution in [-0.2, 0) is 0 Å². The van der Waals surface area contributed by atoms with Crippen molar-refractivity contribution in [1.82, 2.24) is 14.7 Å². The van der Waals surface area contributed by atoms with Gasteiger partial charge in [-0.05, 0) is 55.5 Å². The zero-order chi connectivity index (χ0) is 20.4. The van der Waals surface area contributed by atoms with Crippen LogP contribution in [0.15, 0.2) is 54.6 Å². The van der Waals surface area contributed by atoms with Gasteiger partial charge in [0.1, 0.15) is 17.3 Å². The van der Waals surface area contributed by atoms with Crippen molar-refractivity contribution in [2.75, 3.05) is 38.2 Å². The smallest absolute Gasteiger partial charge is 0.272 e. The Balaban J connectivity index is 1.49. The molecule has 1 aliphatic rings. The van der Waals surface area contributed by atoms with Crippen LogP contribution in [-0.4, -0.2) is 53.9 Å². The highest BCUT2D eigenvalue weighted by atomic mass is 19.1. The second-order valence-corrected chi connectivity index (χ2v) is 7.04. The molecule has 0 bridgehead atoms. The predicted molar refractivity (Wildman–Crippen MR) is 109 cm³/mol. The molecule has 2 aromatic carbocycles. The van der Waals surface area contributed by atoms with Crippen LogP contribution in [0.3, 0.4) is 0 Å². The van der Waals surface area contributed by atoms with E-state index in [2.05, 4.69) is 10.00 Å². The van der Waals surface area contributed by atoms with E-state index >= 15 is 0 Å². The van der Waals surface area contributed by atoms with Crippen molar-refractivity contribution in [1.29, 1.82) is 0 Å². The van der Waals surface area contributed by atoms with Crippen molar-refractivity contribution in [2.45, 2.75) is 6.92 Å². The number of hydrogen-bond donors (Lipinski definition) is 0. The molecule has 2 heterocycles. The van der Waals surface area contributed by atoms with Crippen LogP contribution in [0.1, 0.15) is 16.2 Å². The van der Waals surface area contributed by atoms with Crippen molar-refractivity contribution in [2.24, 2.45) is 0 Å². The van der Waals surface area contributed by atoms with Crippen molar-refractivity contribution in [3.05, 3.63) is 71.8 Å². The van der Waals surface area contributed by atoms with E-state index in [1.165, 1.54) is 16.8 Å². The summed E-state index contributed by atoms with van der Waals surface area (Å²) in [6.45, 7) is 4.53. The standard InChI is InChI=1S/C22H23FN4O2/c1-16-14-21(27(24-16)19-5-3-4-17(23)15-19)22(28)26-12-10-25(11-13-26)18-6-8-20(29-2)9-7-18/h3-9,14-15H,10-13H2,1-2H3. The van der Waals surface area contributed by atoms with E-state index < -0.39 is 0 Å². The van der Waals surface area contributed by atoms with Gasteiger partial charge in [0, 0.05) is 31.9 Å². The van der Waals surface area contributed by atoms with Gasteiger partial charge >= 0.3 is 0 Å². The number of ether oxygens (including phenoxy) is 1. The fourth-order valence-corrected chi connectivity index (χ4v) is 3.58. The van der Waals surface area contributed by atoms with Gasteiger partial charge in [0.25, 0.3) is 5.91 Å². The molecule has 1 saturated heterocycles. The number of rotatable bonds is 4. The van der Waals surface area contributed by atoms with Crippen LogP contribution >= 0.6 is 0 Å². The molecule has 1 fully saturated rings. The summed E-state index contributed by atoms with van der Waals surface area (Å²) < 4.78 is 20.4. The SMILES string of the molecule is COc1ccc(N2CCN(C(=O)c3cc(C)nn3-c3cccc(F)c3)CC2)cc1. The van der Waals surface area contributed by atoms with Crippen LogP contribution in [0.4, 0.5) is 10.1 Å². The number of carbonyl (C=O) groups excluding carboxylic acids is 1. The molecule has 7 heteroatoms. The van der Waals surface area contributed by atoms with Gasteiger partial charge < -0.3 is 14.5 Å². The van der Waals surface area contributed by atoms with Crippen molar-refractivity contribution >= 4 is 11.6 Å². The first-order valence-electron chi connectivity index (χ1n) is 9.56. The molecule has 0 atom stereocenters. The highest BCUT2D eigenvalue weighted by molar-refractivity contribution is 5.93. The monoisotopic (exact) mass is 394 g/mol. The molecule has 6 nitrogen and oxygen atoms in total. The van der Waals surface area contributed by atoms with E-state index in [1.54, 1.807) is 25.3 Å². The molecule has 0 N–H and O–H groups in total. The van der Waals surface area contributed by atoms with Gasteiger partial charge in [-0.15, -0.1) is 0 Å². The Kier molecular flexibility index (Phi) is 5.20. The maximum Gasteiger partial charge on any atom is 0.272 e. The van der Waals surface area contributed by atoms with E-state index in [0.29, 0.717) is 24.5 Å². The van der Waals surface area contributed by atoms with Gasteiger partial charge in [-0.1, -0.05) is 6.07 Å². The van der Waals surface area contributed by atoms with Crippen molar-refractivity contribution in [3.63, 3.8) is 0 Å². The second-order valence-electron chi connectivity index (χ2n) is 7.04. The summed E-state index contributed by atoms with van der Waals surface area (Å²) in [6.07, 6.45) is 0. The van der Waals surface area contributed by atoms with Crippen LogP contribution in [0.25, 0.3) is 5.69 Å². The normalized spacial score (nSPS) is 14.2. The van der Waals surface area contributed by atoms with E-state index in [1.807, 2.05) is 36.1 Å². The van der Waals surface area contributed by atoms with E-state index in [-0.39, 0.29) is 11.7 Å². The Morgan fingerprint density at radius 1 is 1.00 bits per heavy atom. The molecule has 1 aromatic heterocycles. The van der Waals surface area contributed by atoms with Gasteiger partial charge in [-0.3, -0.25) is 4.79 Å². The topological polar surface area (TPSA) is 50.6 Å². The highest BCUT2D eigenvalue weighted by Gasteiger charge is 2.25. The molecule has 0 unspecified atom stereocenters. The Morgan fingerprint density at radius 3 is 2.38 bits per heavy atom. The van der Waals surface area contributed by atoms with E-state index in [0.717, 1.165) is 30.2 Å². The molecule has 0 spiro atoms. The van der Waals surface area contributed by atoms with Crippen LogP contribution in [0.5, 0.6) is 5.75 Å². The summed E-state index contributed by atoms with van der Waals surface area (Å²) in [5, 5.41) is 4.40. The first-order valence-corrected chi connectivity index (χ1v) is 9.56. The van der Waals surface area contributed by atoms with Gasteiger partial charge in [0.05, 0.1) is 18.5 Å². The Morgan fingerprint density at radius 2 is 1.72 bits per heavy atom. The fourth-order valence-electron chi connectivity index (χ4n) is 3.58. The number of carbonyl (C=O) groups is 1. The molecule has 1 amide bonds. The minimum absolute atomic E-state index is 0.0933. The van der Waals surface area contributed by atoms with Gasteiger partial charge in [-0.2, -0.15) is 5.10 Å². The van der Waals surface area contributed by atoms with Gasteiger partial charge in [0.2, 0.25) is 0 Å². The Bertz CT molecular complexity index is 1010. The minimum atomic E-state index is -0.359. The van der Waals surface area contributed by atoms with E-state index in [9.17, 15) is 9.18 Å². The lowest BCUT2D eigenvalue weighted by Crippen LogP contribution is -2.49. The summed E-state index contributed by atoms with van der Waals surface area (Å²) in [5.74, 6) is 0.370. The number of anilines is 1. The van der Waals surface area contributed by atoms with Crippen molar-refractivity contribution < 1.29 is 13.9 Å². The summed E-state index contributed by atoms with van der Waals surface area (Å²) in [7, 11) is 1.65. The lowest BCUT2D eigenvalue weighted by atomic mass is 10.2. The molecule has 29 heavy (non-hydrogen) atoms. The maximum atomic E-state index is 13.6. The maximum absolute atomic E-state index is 13.6. The first kappa shape index (κ1) is 19.0. The summed E-state index contributed by atoms with van der Waals surface area (Å²) in [6, 6.07) is 15.8. The third kappa shape index (κ3) is 3.94. The molecule has 150 valence electrons. The molecular weight excluding hydrogens is 371 g/mol. The highest BCUT2D eigenvalue weighted by Crippen LogP contribution is 2.22. The third-order valence-corrected chi connectivity index (χ3v) is 5.11. The third-order valence-electron chi connectivity index (χ3n) is 5.11. The molecule has 0 saturated carbocycles. The zero-order valence-electron chi connectivity index (χ0n) is 16.5. The summed E-state index contributed by atoms with van der Waals surface area (Å²) in [4.78, 5) is 17.2. The van der Waals surface area contributed by atoms with Crippen LogP contribution < -0.4 is 9.64 Å². The number of amides is 1. The van der Waals surface area contributed by atoms with Crippen molar-refractivity contribution in [3.8, 4) is 11.4 Å². The molecule has 0 radical (unpaired) electrons. The Hall–Kier alpha value is -3.35. The molecule has 0 aliphatic carbocycles. The minimum Gasteiger partial charge on any atom is -0.497 e. The first-order chi connectivity index (χ1) is 14.0. The average Bonchev–Trinajstić information content (AvgIpc) is 3.15. The average molecular weight is 394 g/mol. The fraction of sp³-hybridized carbons (Fsp3) is 0.273. The number of methoxy groups -OCH3 is 1. The van der Waals surface area contributed by atoms with E-state index in [4.69, 9.17) is 4.74 Å². The van der Waals surface area contributed by atoms with Crippen LogP contribution in [0.2, 0.25) is 0 Å². The number of aryl methyl sites for hydroxylation is 1. The molecule has 3 aromatic rings. The zero-order valence-corrected chi connectivity index (χ0v) is 16.5. The Labute approximate surface area is 169 Å².